The highest BCUT2D eigenvalue weighted by Gasteiger charge is 2.26. The number of nitrogens with one attached hydrogen (secondary N) is 3. The van der Waals surface area contributed by atoms with Gasteiger partial charge < -0.3 is 25.6 Å². The summed E-state index contributed by atoms with van der Waals surface area (Å²) in [4.78, 5) is 35.2. The Bertz CT molecular complexity index is 1000. The molecule has 32 heavy (non-hydrogen) atoms. The molecule has 3 rings (SSSR count). The predicted octanol–water partition coefficient (Wildman–Crippen LogP) is 3.69. The Hall–Kier alpha value is -3.36. The van der Waals surface area contributed by atoms with Gasteiger partial charge in [-0.3, -0.25) is 4.79 Å². The molecule has 0 radical (unpaired) electrons. The quantitative estimate of drug-likeness (QED) is 0.651. The fourth-order valence-electron chi connectivity index (χ4n) is 3.38. The molecule has 9 nitrogen and oxygen atoms in total. The maximum Gasteiger partial charge on any atom is 0.410 e. The van der Waals surface area contributed by atoms with Crippen LogP contribution in [0.5, 0.6) is 0 Å². The number of rotatable bonds is 5. The summed E-state index contributed by atoms with van der Waals surface area (Å²) in [5.41, 5.74) is 2.97. The van der Waals surface area contributed by atoms with Crippen molar-refractivity contribution in [3.05, 3.63) is 41.1 Å². The van der Waals surface area contributed by atoms with Crippen molar-refractivity contribution in [1.82, 2.24) is 20.2 Å². The monoisotopic (exact) mass is 440 g/mol. The van der Waals surface area contributed by atoms with Gasteiger partial charge in [-0.05, 0) is 64.3 Å². The van der Waals surface area contributed by atoms with Crippen LogP contribution in [0.15, 0.2) is 24.4 Å². The number of amides is 2. The first-order valence-electron chi connectivity index (χ1n) is 10.8. The number of nitrogens with zero attached hydrogens (tertiary/aromatic N) is 3. The van der Waals surface area contributed by atoms with E-state index in [0.29, 0.717) is 30.4 Å². The molecule has 0 aliphatic carbocycles. The number of benzene rings is 1. The zero-order valence-corrected chi connectivity index (χ0v) is 19.6. The van der Waals surface area contributed by atoms with Gasteiger partial charge in [0.2, 0.25) is 5.95 Å². The van der Waals surface area contributed by atoms with Gasteiger partial charge >= 0.3 is 6.09 Å². The lowest BCUT2D eigenvalue weighted by Gasteiger charge is -2.31. The van der Waals surface area contributed by atoms with Gasteiger partial charge in [0.25, 0.3) is 5.91 Å². The summed E-state index contributed by atoms with van der Waals surface area (Å²) in [7, 11) is 1.72. The minimum Gasteiger partial charge on any atom is -0.444 e. The molecule has 3 N–H and O–H groups in total. The Morgan fingerprint density at radius 2 is 1.94 bits per heavy atom. The summed E-state index contributed by atoms with van der Waals surface area (Å²) in [6.45, 7) is 10.5. The van der Waals surface area contributed by atoms with E-state index in [1.165, 1.54) is 6.20 Å². The molecule has 2 amide bonds. The molecule has 0 unspecified atom stereocenters. The molecule has 0 saturated heterocycles. The van der Waals surface area contributed by atoms with Crippen molar-refractivity contribution in [3.63, 3.8) is 0 Å². The number of anilines is 3. The lowest BCUT2D eigenvalue weighted by Crippen LogP contribution is -2.39. The summed E-state index contributed by atoms with van der Waals surface area (Å²) in [6.07, 6.45) is 1.96. The van der Waals surface area contributed by atoms with E-state index < -0.39 is 5.60 Å². The Kier molecular flexibility index (Phi) is 6.86. The Morgan fingerprint density at radius 1 is 1.19 bits per heavy atom. The average molecular weight is 441 g/mol. The second kappa shape index (κ2) is 9.42. The minimum absolute atomic E-state index is 0.0201. The minimum atomic E-state index is -0.512. The van der Waals surface area contributed by atoms with Crippen LogP contribution >= 0.6 is 0 Å². The number of ether oxygens (including phenoxy) is 1. The van der Waals surface area contributed by atoms with E-state index in [1.54, 1.807) is 11.9 Å². The summed E-state index contributed by atoms with van der Waals surface area (Å²) in [6, 6.07) is 5.99. The Balaban J connectivity index is 1.71. The van der Waals surface area contributed by atoms with Crippen LogP contribution in [0.1, 0.15) is 56.1 Å². The fraction of sp³-hybridized carbons (Fsp3) is 0.478. The van der Waals surface area contributed by atoms with E-state index in [2.05, 4.69) is 25.9 Å². The first-order valence-corrected chi connectivity index (χ1v) is 10.8. The molecule has 1 aromatic carbocycles. The maximum absolute atomic E-state index is 12.4. The summed E-state index contributed by atoms with van der Waals surface area (Å²) < 4.78 is 5.49. The molecule has 0 atom stereocenters. The molecule has 0 saturated carbocycles. The molecule has 1 aliphatic heterocycles. The van der Waals surface area contributed by atoms with E-state index in [4.69, 9.17) is 4.74 Å². The second-order valence-electron chi connectivity index (χ2n) is 9.09. The van der Waals surface area contributed by atoms with Crippen LogP contribution < -0.4 is 16.0 Å². The molecule has 172 valence electrons. The smallest absolute Gasteiger partial charge is 0.410 e. The maximum atomic E-state index is 12.4. The van der Waals surface area contributed by atoms with Crippen molar-refractivity contribution in [1.29, 1.82) is 0 Å². The molecule has 0 bridgehead atoms. The van der Waals surface area contributed by atoms with Crippen LogP contribution in [0.25, 0.3) is 0 Å². The van der Waals surface area contributed by atoms with Gasteiger partial charge in [-0.1, -0.05) is 6.07 Å². The van der Waals surface area contributed by atoms with Crippen molar-refractivity contribution >= 4 is 29.5 Å². The largest absolute Gasteiger partial charge is 0.444 e. The highest BCUT2D eigenvalue weighted by Crippen LogP contribution is 2.25. The van der Waals surface area contributed by atoms with Crippen LogP contribution in [0, 0.1) is 0 Å². The molecule has 9 heteroatoms. The Labute approximate surface area is 189 Å². The molecular formula is C23H32N6O3. The Morgan fingerprint density at radius 3 is 2.59 bits per heavy atom. The summed E-state index contributed by atoms with van der Waals surface area (Å²) >= 11 is 0. The SMILES string of the molecule is CNc1nc(Nc2ccc3c(c2)CCN(C(=O)OC(C)(C)C)C3)ncc1C(=O)NC(C)C. The summed E-state index contributed by atoms with van der Waals surface area (Å²) in [5, 5.41) is 9.00. The number of fused-ring (bicyclic) bond motifs is 1. The van der Waals surface area contributed by atoms with Crippen molar-refractivity contribution in [2.75, 3.05) is 24.2 Å². The topological polar surface area (TPSA) is 108 Å². The third-order valence-electron chi connectivity index (χ3n) is 4.82. The molecule has 0 fully saturated rings. The third-order valence-corrected chi connectivity index (χ3v) is 4.82. The molecule has 2 heterocycles. The first kappa shape index (κ1) is 23.3. The van der Waals surface area contributed by atoms with Gasteiger partial charge in [0.1, 0.15) is 17.0 Å². The first-order chi connectivity index (χ1) is 15.1. The molecule has 1 aliphatic rings. The van der Waals surface area contributed by atoms with Gasteiger partial charge in [-0.2, -0.15) is 4.98 Å². The second-order valence-corrected chi connectivity index (χ2v) is 9.09. The number of carbonyl (C=O) groups excluding carboxylic acids is 2. The van der Waals surface area contributed by atoms with Crippen LogP contribution in [-0.2, 0) is 17.7 Å². The molecule has 0 spiro atoms. The van der Waals surface area contributed by atoms with Crippen LogP contribution in [-0.4, -0.2) is 52.1 Å². The number of hydrogen-bond donors (Lipinski definition) is 3. The standard InChI is InChI=1S/C23H32N6O3/c1-14(2)26-20(30)18-12-25-21(28-19(18)24-6)27-17-8-7-16-13-29(10-9-15(16)11-17)22(31)32-23(3,4)5/h7-8,11-12,14H,9-10,13H2,1-6H3,(H,26,30)(H2,24,25,27,28). The van der Waals surface area contributed by atoms with Gasteiger partial charge in [0.05, 0.1) is 0 Å². The molecule has 1 aromatic heterocycles. The third kappa shape index (κ3) is 5.87. The fourth-order valence-corrected chi connectivity index (χ4v) is 3.38. The van der Waals surface area contributed by atoms with Crippen molar-refractivity contribution < 1.29 is 14.3 Å². The van der Waals surface area contributed by atoms with Crippen molar-refractivity contribution in [2.24, 2.45) is 0 Å². The van der Waals surface area contributed by atoms with Gasteiger partial charge in [-0.15, -0.1) is 0 Å². The highest BCUT2D eigenvalue weighted by molar-refractivity contribution is 5.98. The van der Waals surface area contributed by atoms with Crippen LogP contribution in [0.3, 0.4) is 0 Å². The van der Waals surface area contributed by atoms with Gasteiger partial charge in [0.15, 0.2) is 0 Å². The van der Waals surface area contributed by atoms with Crippen LogP contribution in [0.4, 0.5) is 22.2 Å². The number of carbonyl (C=O) groups is 2. The summed E-state index contributed by atoms with van der Waals surface area (Å²) in [5.74, 6) is 0.618. The van der Waals surface area contributed by atoms with Crippen molar-refractivity contribution in [2.45, 2.75) is 59.2 Å². The predicted molar refractivity (Wildman–Crippen MR) is 124 cm³/mol. The van der Waals surface area contributed by atoms with Gasteiger partial charge in [-0.25, -0.2) is 9.78 Å². The van der Waals surface area contributed by atoms with E-state index in [9.17, 15) is 9.59 Å². The molecule has 2 aromatic rings. The zero-order chi connectivity index (χ0) is 23.5. The van der Waals surface area contributed by atoms with E-state index in [0.717, 1.165) is 23.2 Å². The number of hydrogen-bond acceptors (Lipinski definition) is 7. The highest BCUT2D eigenvalue weighted by atomic mass is 16.6. The normalized spacial score (nSPS) is 13.4. The lowest BCUT2D eigenvalue weighted by atomic mass is 9.99. The lowest BCUT2D eigenvalue weighted by molar-refractivity contribution is 0.0224. The van der Waals surface area contributed by atoms with E-state index >= 15 is 0 Å². The van der Waals surface area contributed by atoms with E-state index in [1.807, 2.05) is 52.8 Å². The number of aromatic nitrogens is 2. The zero-order valence-electron chi connectivity index (χ0n) is 19.6. The molecular weight excluding hydrogens is 408 g/mol. The van der Waals surface area contributed by atoms with Gasteiger partial charge in [0, 0.05) is 38.1 Å². The van der Waals surface area contributed by atoms with E-state index in [-0.39, 0.29) is 18.0 Å². The average Bonchev–Trinajstić information content (AvgIpc) is 2.71. The van der Waals surface area contributed by atoms with Crippen molar-refractivity contribution in [3.8, 4) is 0 Å². The van der Waals surface area contributed by atoms with Crippen LogP contribution in [0.2, 0.25) is 0 Å².